The van der Waals surface area contributed by atoms with Crippen molar-refractivity contribution in [2.45, 2.75) is 31.7 Å². The number of nitrogens with one attached hydrogen (secondary N) is 1. The van der Waals surface area contributed by atoms with Gasteiger partial charge in [-0.25, -0.2) is 8.42 Å². The van der Waals surface area contributed by atoms with Crippen molar-refractivity contribution < 1.29 is 8.42 Å². The number of aryl methyl sites for hydroxylation is 1. The highest BCUT2D eigenvalue weighted by Crippen LogP contribution is 2.08. The number of hydrogen-bond donors (Lipinski definition) is 1. The van der Waals surface area contributed by atoms with Gasteiger partial charge >= 0.3 is 0 Å². The lowest BCUT2D eigenvalue weighted by molar-refractivity contribution is 0.482. The van der Waals surface area contributed by atoms with Gasteiger partial charge in [0.15, 0.2) is 0 Å². The molecule has 0 bridgehead atoms. The van der Waals surface area contributed by atoms with E-state index in [1.807, 2.05) is 19.3 Å². The molecule has 0 fully saturated rings. The van der Waals surface area contributed by atoms with E-state index in [1.165, 1.54) is 11.8 Å². The molecule has 0 saturated carbocycles. The molecule has 18 heavy (non-hydrogen) atoms. The van der Waals surface area contributed by atoms with Crippen molar-refractivity contribution in [1.29, 1.82) is 0 Å². The lowest BCUT2D eigenvalue weighted by atomic mass is 10.0. The predicted molar refractivity (Wildman–Crippen MR) is 74.4 cm³/mol. The maximum absolute atomic E-state index is 11.1. The van der Waals surface area contributed by atoms with Crippen LogP contribution in [0.1, 0.15) is 24.8 Å². The minimum Gasteiger partial charge on any atom is -0.317 e. The molecule has 1 aromatic heterocycles. The molecule has 0 saturated heterocycles. The summed E-state index contributed by atoms with van der Waals surface area (Å²) in [7, 11) is -0.908. The molecule has 1 aromatic rings. The molecule has 1 rings (SSSR count). The van der Waals surface area contributed by atoms with E-state index in [2.05, 4.69) is 16.4 Å². The highest BCUT2D eigenvalue weighted by Gasteiger charge is 2.08. The molecule has 1 heterocycles. The van der Waals surface area contributed by atoms with E-state index in [-0.39, 0.29) is 5.75 Å². The number of rotatable bonds is 8. The lowest BCUT2D eigenvalue weighted by Gasteiger charge is -2.15. The normalized spacial score (nSPS) is 13.4. The smallest absolute Gasteiger partial charge is 0.147 e. The molecule has 0 aliphatic rings. The average Bonchev–Trinajstić information content (AvgIpc) is 2.33. The standard InChI is InChI=1S/C13H22N2O2S/c1-14-13(6-4-10-18(2,16)17)8-7-12-5-3-9-15-11-12/h3,5,9,11,13-14H,4,6-8,10H2,1-2H3. The van der Waals surface area contributed by atoms with Gasteiger partial charge in [-0.1, -0.05) is 6.07 Å². The maximum Gasteiger partial charge on any atom is 0.147 e. The first-order valence-corrected chi connectivity index (χ1v) is 8.31. The van der Waals surface area contributed by atoms with Crippen molar-refractivity contribution in [3.8, 4) is 0 Å². The van der Waals surface area contributed by atoms with Gasteiger partial charge in [-0.05, 0) is 44.4 Å². The monoisotopic (exact) mass is 270 g/mol. The summed E-state index contributed by atoms with van der Waals surface area (Å²) < 4.78 is 22.1. The Hall–Kier alpha value is -0.940. The van der Waals surface area contributed by atoms with E-state index < -0.39 is 9.84 Å². The second-order valence-electron chi connectivity index (χ2n) is 4.66. The van der Waals surface area contributed by atoms with Gasteiger partial charge < -0.3 is 5.32 Å². The topological polar surface area (TPSA) is 59.1 Å². The number of pyridine rings is 1. The second kappa shape index (κ2) is 7.48. The third-order valence-corrected chi connectivity index (χ3v) is 4.01. The van der Waals surface area contributed by atoms with Gasteiger partial charge in [0.2, 0.25) is 0 Å². The number of nitrogens with zero attached hydrogens (tertiary/aromatic N) is 1. The van der Waals surface area contributed by atoms with Crippen LogP contribution in [0.4, 0.5) is 0 Å². The van der Waals surface area contributed by atoms with Crippen LogP contribution in [0, 0.1) is 0 Å². The van der Waals surface area contributed by atoms with Gasteiger partial charge in [0.05, 0.1) is 0 Å². The van der Waals surface area contributed by atoms with Crippen molar-refractivity contribution in [2.75, 3.05) is 19.1 Å². The Balaban J connectivity index is 2.30. The zero-order valence-corrected chi connectivity index (χ0v) is 11.9. The summed E-state index contributed by atoms with van der Waals surface area (Å²) in [5.74, 6) is 0.276. The van der Waals surface area contributed by atoms with E-state index in [9.17, 15) is 8.42 Å². The van der Waals surface area contributed by atoms with E-state index in [0.29, 0.717) is 6.04 Å². The van der Waals surface area contributed by atoms with Gasteiger partial charge in [-0.15, -0.1) is 0 Å². The molecule has 1 N–H and O–H groups in total. The van der Waals surface area contributed by atoms with Crippen LogP contribution in [0.5, 0.6) is 0 Å². The van der Waals surface area contributed by atoms with Crippen molar-refractivity contribution in [3.05, 3.63) is 30.1 Å². The third-order valence-electron chi connectivity index (χ3n) is 2.98. The Labute approximate surface area is 110 Å². The Morgan fingerprint density at radius 2 is 2.17 bits per heavy atom. The van der Waals surface area contributed by atoms with Crippen LogP contribution in [0.15, 0.2) is 24.5 Å². The summed E-state index contributed by atoms with van der Waals surface area (Å²) in [6, 6.07) is 4.37. The molecule has 4 nitrogen and oxygen atoms in total. The van der Waals surface area contributed by atoms with Crippen molar-refractivity contribution >= 4 is 9.84 Å². The first-order valence-electron chi connectivity index (χ1n) is 6.25. The Bertz CT molecular complexity index is 432. The van der Waals surface area contributed by atoms with E-state index in [0.717, 1.165) is 25.7 Å². The number of hydrogen-bond acceptors (Lipinski definition) is 4. The van der Waals surface area contributed by atoms with Crippen LogP contribution in [-0.2, 0) is 16.3 Å². The van der Waals surface area contributed by atoms with Gasteiger partial charge in [0.25, 0.3) is 0 Å². The van der Waals surface area contributed by atoms with Gasteiger partial charge in [0, 0.05) is 30.4 Å². The van der Waals surface area contributed by atoms with Crippen LogP contribution in [-0.4, -0.2) is 38.5 Å². The predicted octanol–water partition coefficient (Wildman–Crippen LogP) is 1.43. The van der Waals surface area contributed by atoms with Crippen molar-refractivity contribution in [3.63, 3.8) is 0 Å². The van der Waals surface area contributed by atoms with Crippen molar-refractivity contribution in [2.24, 2.45) is 0 Å². The molecule has 0 amide bonds. The van der Waals surface area contributed by atoms with Gasteiger partial charge in [0.1, 0.15) is 9.84 Å². The molecule has 1 unspecified atom stereocenters. The molecule has 0 aromatic carbocycles. The molecule has 0 aliphatic heterocycles. The molecular weight excluding hydrogens is 248 g/mol. The SMILES string of the molecule is CNC(CCCS(C)(=O)=O)CCc1cccnc1. The number of aromatic nitrogens is 1. The summed E-state index contributed by atoms with van der Waals surface area (Å²) in [5.41, 5.74) is 1.22. The summed E-state index contributed by atoms with van der Waals surface area (Å²) in [4.78, 5) is 4.08. The Kier molecular flexibility index (Phi) is 6.29. The van der Waals surface area contributed by atoms with E-state index >= 15 is 0 Å². The van der Waals surface area contributed by atoms with Crippen molar-refractivity contribution in [1.82, 2.24) is 10.3 Å². The first-order chi connectivity index (χ1) is 8.51. The first kappa shape index (κ1) is 15.1. The summed E-state index contributed by atoms with van der Waals surface area (Å²) in [5, 5.41) is 3.24. The van der Waals surface area contributed by atoms with E-state index in [1.54, 1.807) is 6.20 Å². The zero-order valence-electron chi connectivity index (χ0n) is 11.1. The molecule has 0 radical (unpaired) electrons. The minimum atomic E-state index is -2.83. The highest BCUT2D eigenvalue weighted by atomic mass is 32.2. The highest BCUT2D eigenvalue weighted by molar-refractivity contribution is 7.90. The summed E-state index contributed by atoms with van der Waals surface area (Å²) in [6.07, 6.45) is 8.52. The molecule has 0 aliphatic carbocycles. The minimum absolute atomic E-state index is 0.276. The molecule has 102 valence electrons. The van der Waals surface area contributed by atoms with Gasteiger partial charge in [-0.2, -0.15) is 0 Å². The van der Waals surface area contributed by atoms with Crippen LogP contribution in [0.25, 0.3) is 0 Å². The van der Waals surface area contributed by atoms with Crippen LogP contribution < -0.4 is 5.32 Å². The summed E-state index contributed by atoms with van der Waals surface area (Å²) >= 11 is 0. The van der Waals surface area contributed by atoms with Gasteiger partial charge in [-0.3, -0.25) is 4.98 Å². The quantitative estimate of drug-likeness (QED) is 0.776. The fourth-order valence-corrected chi connectivity index (χ4v) is 2.60. The lowest BCUT2D eigenvalue weighted by Crippen LogP contribution is -2.26. The molecular formula is C13H22N2O2S. The average molecular weight is 270 g/mol. The largest absolute Gasteiger partial charge is 0.317 e. The maximum atomic E-state index is 11.1. The Morgan fingerprint density at radius 1 is 1.39 bits per heavy atom. The van der Waals surface area contributed by atoms with Crippen LogP contribution in [0.3, 0.4) is 0 Å². The Morgan fingerprint density at radius 3 is 2.72 bits per heavy atom. The summed E-state index contributed by atoms with van der Waals surface area (Å²) in [6.45, 7) is 0. The third kappa shape index (κ3) is 6.71. The molecule has 5 heteroatoms. The van der Waals surface area contributed by atoms with Crippen LogP contribution >= 0.6 is 0 Å². The fourth-order valence-electron chi connectivity index (χ4n) is 1.91. The van der Waals surface area contributed by atoms with E-state index in [4.69, 9.17) is 0 Å². The number of sulfone groups is 1. The second-order valence-corrected chi connectivity index (χ2v) is 6.92. The fraction of sp³-hybridized carbons (Fsp3) is 0.615. The zero-order chi connectivity index (χ0) is 13.4. The molecule has 1 atom stereocenters. The van der Waals surface area contributed by atoms with Crippen LogP contribution in [0.2, 0.25) is 0 Å². The molecule has 0 spiro atoms.